The first kappa shape index (κ1) is 32.5. The quantitative estimate of drug-likeness (QED) is 0.167. The average molecular weight is 672 g/mol. The van der Waals surface area contributed by atoms with Crippen molar-refractivity contribution in [3.05, 3.63) is 108 Å². The van der Waals surface area contributed by atoms with Gasteiger partial charge in [-0.3, -0.25) is 19.6 Å². The zero-order valence-electron chi connectivity index (χ0n) is 25.8. The predicted molar refractivity (Wildman–Crippen MR) is 181 cm³/mol. The number of furan rings is 1. The van der Waals surface area contributed by atoms with Crippen LogP contribution in [0.3, 0.4) is 0 Å². The molecule has 5 aromatic rings. The van der Waals surface area contributed by atoms with Crippen molar-refractivity contribution in [2.75, 3.05) is 17.2 Å². The standard InChI is InChI=1S/C35H33N3O7S2/c1-35(2)33(34(41)36-42)37(17-18-46-35)47(43,44)26-14-16-29-28(22-26)27-15-13-25(21-30(27)45-29)38(31(39)19-23-9-5-3-6-10-23)32(40)20-24-11-7-4-8-12-24/h3-16,21-22,33,42H,17-20H2,1-2H3,(H,36,41). The zero-order valence-corrected chi connectivity index (χ0v) is 27.4. The van der Waals surface area contributed by atoms with Crippen molar-refractivity contribution in [3.8, 4) is 0 Å². The average Bonchev–Trinajstić information content (AvgIpc) is 3.42. The van der Waals surface area contributed by atoms with Crippen molar-refractivity contribution in [1.29, 1.82) is 0 Å². The Morgan fingerprint density at radius 3 is 2.09 bits per heavy atom. The SMILES string of the molecule is CC1(C)SCCN(S(=O)(=O)c2ccc3oc4cc(N(C(=O)Cc5ccccc5)C(=O)Cc5ccccc5)ccc4c3c2)C1C(=O)NO. The smallest absolute Gasteiger partial charge is 0.263 e. The van der Waals surface area contributed by atoms with E-state index in [0.717, 1.165) is 15.4 Å². The van der Waals surface area contributed by atoms with Crippen molar-refractivity contribution in [1.82, 2.24) is 9.79 Å². The molecule has 1 aliphatic rings. The van der Waals surface area contributed by atoms with E-state index >= 15 is 0 Å². The summed E-state index contributed by atoms with van der Waals surface area (Å²) in [4.78, 5) is 41.1. The second kappa shape index (κ2) is 13.0. The number of benzene rings is 4. The molecule has 0 saturated carbocycles. The number of nitrogens with zero attached hydrogens (tertiary/aromatic N) is 2. The van der Waals surface area contributed by atoms with Gasteiger partial charge in [0.15, 0.2) is 0 Å². The van der Waals surface area contributed by atoms with Crippen LogP contribution in [-0.2, 0) is 37.2 Å². The van der Waals surface area contributed by atoms with Gasteiger partial charge in [-0.05, 0) is 55.3 Å². The van der Waals surface area contributed by atoms with Crippen LogP contribution in [0, 0.1) is 0 Å². The lowest BCUT2D eigenvalue weighted by Gasteiger charge is -2.43. The van der Waals surface area contributed by atoms with Crippen molar-refractivity contribution in [3.63, 3.8) is 0 Å². The highest BCUT2D eigenvalue weighted by molar-refractivity contribution is 8.01. The Morgan fingerprint density at radius 1 is 0.872 bits per heavy atom. The minimum Gasteiger partial charge on any atom is -0.456 e. The molecule has 1 fully saturated rings. The number of rotatable bonds is 8. The third-order valence-electron chi connectivity index (χ3n) is 8.28. The second-order valence-corrected chi connectivity index (χ2v) is 15.5. The van der Waals surface area contributed by atoms with Crippen molar-refractivity contribution >= 4 is 67.1 Å². The van der Waals surface area contributed by atoms with E-state index in [1.807, 2.05) is 60.7 Å². The number of carbonyl (C=O) groups is 3. The molecule has 1 aromatic heterocycles. The van der Waals surface area contributed by atoms with Crippen molar-refractivity contribution in [2.24, 2.45) is 0 Å². The minimum absolute atomic E-state index is 0.0157. The maximum atomic E-state index is 13.9. The van der Waals surface area contributed by atoms with Gasteiger partial charge in [-0.2, -0.15) is 16.1 Å². The molecule has 2 heterocycles. The summed E-state index contributed by atoms with van der Waals surface area (Å²) in [6, 6.07) is 26.6. The summed E-state index contributed by atoms with van der Waals surface area (Å²) in [5.74, 6) is -1.12. The Morgan fingerprint density at radius 2 is 1.49 bits per heavy atom. The number of imide groups is 1. The first-order valence-corrected chi connectivity index (χ1v) is 17.4. The lowest BCUT2D eigenvalue weighted by atomic mass is 10.0. The third kappa shape index (κ3) is 6.41. The molecule has 0 aliphatic carbocycles. The normalized spacial score (nSPS) is 16.6. The highest BCUT2D eigenvalue weighted by Crippen LogP contribution is 2.40. The van der Waals surface area contributed by atoms with Crippen LogP contribution >= 0.6 is 11.8 Å². The number of fused-ring (bicyclic) bond motifs is 3. The van der Waals surface area contributed by atoms with Crippen LogP contribution in [0.15, 0.2) is 106 Å². The molecule has 10 nitrogen and oxygen atoms in total. The second-order valence-electron chi connectivity index (χ2n) is 11.8. The van der Waals surface area contributed by atoms with E-state index in [1.54, 1.807) is 43.6 Å². The van der Waals surface area contributed by atoms with Crippen LogP contribution in [0.4, 0.5) is 5.69 Å². The fourth-order valence-corrected chi connectivity index (χ4v) is 9.16. The molecule has 242 valence electrons. The summed E-state index contributed by atoms with van der Waals surface area (Å²) >= 11 is 1.46. The number of hydrogen-bond donors (Lipinski definition) is 2. The largest absolute Gasteiger partial charge is 0.456 e. The number of hydrogen-bond acceptors (Lipinski definition) is 8. The molecule has 3 amide bonds. The van der Waals surface area contributed by atoms with Gasteiger partial charge in [0.05, 0.1) is 23.4 Å². The van der Waals surface area contributed by atoms with E-state index in [0.29, 0.717) is 33.4 Å². The van der Waals surface area contributed by atoms with E-state index in [-0.39, 0.29) is 24.3 Å². The van der Waals surface area contributed by atoms with Gasteiger partial charge < -0.3 is 4.42 Å². The topological polar surface area (TPSA) is 137 Å². The van der Waals surface area contributed by atoms with Crippen molar-refractivity contribution < 1.29 is 32.4 Å². The van der Waals surface area contributed by atoms with E-state index in [4.69, 9.17) is 4.42 Å². The van der Waals surface area contributed by atoms with Crippen LogP contribution in [-0.4, -0.2) is 58.7 Å². The van der Waals surface area contributed by atoms with Gasteiger partial charge in [0.25, 0.3) is 5.91 Å². The van der Waals surface area contributed by atoms with E-state index in [9.17, 15) is 28.0 Å². The monoisotopic (exact) mass is 671 g/mol. The summed E-state index contributed by atoms with van der Waals surface area (Å²) in [7, 11) is -4.17. The fourth-order valence-electron chi connectivity index (χ4n) is 6.03. The maximum absolute atomic E-state index is 13.9. The number of thioether (sulfide) groups is 1. The molecule has 4 aromatic carbocycles. The van der Waals surface area contributed by atoms with Crippen LogP contribution in [0.25, 0.3) is 21.9 Å². The fraction of sp³-hybridized carbons (Fsp3) is 0.229. The first-order valence-electron chi connectivity index (χ1n) is 15.0. The van der Waals surface area contributed by atoms with Gasteiger partial charge in [0.1, 0.15) is 17.2 Å². The number of sulfonamides is 1. The van der Waals surface area contributed by atoms with E-state index < -0.39 is 38.5 Å². The molecule has 2 N–H and O–H groups in total. The molecule has 12 heteroatoms. The first-order chi connectivity index (χ1) is 22.5. The maximum Gasteiger partial charge on any atom is 0.263 e. The zero-order chi connectivity index (χ0) is 33.3. The lowest BCUT2D eigenvalue weighted by molar-refractivity contribution is -0.134. The highest BCUT2D eigenvalue weighted by Gasteiger charge is 2.48. The highest BCUT2D eigenvalue weighted by atomic mass is 32.2. The minimum atomic E-state index is -4.17. The third-order valence-corrected chi connectivity index (χ3v) is 11.5. The number of hydroxylamine groups is 1. The summed E-state index contributed by atoms with van der Waals surface area (Å²) < 4.78 is 34.3. The molecular weight excluding hydrogens is 639 g/mol. The van der Waals surface area contributed by atoms with Gasteiger partial charge in [-0.15, -0.1) is 0 Å². The lowest BCUT2D eigenvalue weighted by Crippen LogP contribution is -2.61. The van der Waals surface area contributed by atoms with Gasteiger partial charge in [0, 0.05) is 33.9 Å². The number of carbonyl (C=O) groups excluding carboxylic acids is 3. The Balaban J connectivity index is 1.37. The molecule has 0 bridgehead atoms. The summed E-state index contributed by atoms with van der Waals surface area (Å²) in [5, 5.41) is 10.5. The Bertz CT molecular complexity index is 2030. The Labute approximate surface area is 276 Å². The molecule has 6 rings (SSSR count). The Kier molecular flexibility index (Phi) is 8.95. The van der Waals surface area contributed by atoms with Gasteiger partial charge >= 0.3 is 0 Å². The molecule has 47 heavy (non-hydrogen) atoms. The molecule has 0 spiro atoms. The Hall–Kier alpha value is -4.49. The van der Waals surface area contributed by atoms with Crippen LogP contribution in [0.1, 0.15) is 25.0 Å². The van der Waals surface area contributed by atoms with Gasteiger partial charge in [-0.25, -0.2) is 18.8 Å². The molecule has 1 aliphatic heterocycles. The van der Waals surface area contributed by atoms with E-state index in [2.05, 4.69) is 0 Å². The molecule has 1 saturated heterocycles. The summed E-state index contributed by atoms with van der Waals surface area (Å²) in [6.45, 7) is 3.62. The number of amides is 3. The molecular formula is C35H33N3O7S2. The van der Waals surface area contributed by atoms with Crippen LogP contribution in [0.2, 0.25) is 0 Å². The molecule has 1 atom stereocenters. The van der Waals surface area contributed by atoms with E-state index in [1.165, 1.54) is 28.8 Å². The summed E-state index contributed by atoms with van der Waals surface area (Å²) in [6.07, 6.45) is 0.0315. The number of nitrogens with one attached hydrogen (secondary N) is 1. The van der Waals surface area contributed by atoms with Gasteiger partial charge in [0.2, 0.25) is 21.8 Å². The predicted octanol–water partition coefficient (Wildman–Crippen LogP) is 5.32. The number of anilines is 1. The molecule has 0 radical (unpaired) electrons. The van der Waals surface area contributed by atoms with Crippen LogP contribution in [0.5, 0.6) is 0 Å². The van der Waals surface area contributed by atoms with Crippen molar-refractivity contribution in [2.45, 2.75) is 42.4 Å². The summed E-state index contributed by atoms with van der Waals surface area (Å²) in [5.41, 5.74) is 4.27. The molecule has 1 unspecified atom stereocenters. The van der Waals surface area contributed by atoms with Crippen LogP contribution < -0.4 is 10.4 Å². The van der Waals surface area contributed by atoms with Gasteiger partial charge in [-0.1, -0.05) is 60.7 Å².